The third-order valence-corrected chi connectivity index (χ3v) is 8.67. The van der Waals surface area contributed by atoms with E-state index < -0.39 is 48.4 Å². The van der Waals surface area contributed by atoms with Crippen molar-refractivity contribution < 1.29 is 33.1 Å². The number of nitrogens with zero attached hydrogens (tertiary/aromatic N) is 6. The molecule has 0 radical (unpaired) electrons. The van der Waals surface area contributed by atoms with Crippen molar-refractivity contribution in [2.45, 2.75) is 57.0 Å². The van der Waals surface area contributed by atoms with Crippen molar-refractivity contribution in [2.75, 3.05) is 20.6 Å². The summed E-state index contributed by atoms with van der Waals surface area (Å²) in [6.07, 6.45) is -2.46. The summed E-state index contributed by atoms with van der Waals surface area (Å²) >= 11 is 1.38. The Morgan fingerprint density at radius 2 is 2.00 bits per heavy atom. The number of carbonyl (C=O) groups excluding carboxylic acids is 3. The van der Waals surface area contributed by atoms with E-state index in [1.807, 2.05) is 6.92 Å². The van der Waals surface area contributed by atoms with Crippen LogP contribution in [-0.2, 0) is 25.7 Å². The second-order valence-electron chi connectivity index (χ2n) is 9.92. The Bertz CT molecular complexity index is 1140. The smallest absolute Gasteiger partial charge is 0.353 e. The first-order valence-electron chi connectivity index (χ1n) is 11.9. The fourth-order valence-corrected chi connectivity index (χ4v) is 6.92. The van der Waals surface area contributed by atoms with Crippen LogP contribution in [0.1, 0.15) is 38.9 Å². The summed E-state index contributed by atoms with van der Waals surface area (Å²) in [5.41, 5.74) is -0.0417. The lowest BCUT2D eigenvalue weighted by molar-refractivity contribution is -0.160. The molecule has 2 saturated heterocycles. The average Bonchev–Trinajstić information content (AvgIpc) is 3.52. The minimum absolute atomic E-state index is 0.0349. The number of nitrogens with one attached hydrogen (secondary N) is 1. The van der Waals surface area contributed by atoms with E-state index >= 15 is 0 Å². The van der Waals surface area contributed by atoms with E-state index in [4.69, 9.17) is 0 Å². The molecule has 1 aromatic rings. The minimum atomic E-state index is -2.93. The number of fused-ring (bicyclic) bond motifs is 1. The lowest BCUT2D eigenvalue weighted by atomic mass is 9.73. The monoisotopic (exact) mass is 541 g/mol. The predicted molar refractivity (Wildman–Crippen MR) is 126 cm³/mol. The number of halogens is 2. The first kappa shape index (κ1) is 27.1. The molecule has 2 amide bonds. The molecule has 4 rings (SSSR count). The van der Waals surface area contributed by atoms with Crippen LogP contribution < -0.4 is 5.32 Å². The van der Waals surface area contributed by atoms with Crippen molar-refractivity contribution in [1.29, 1.82) is 0 Å². The summed E-state index contributed by atoms with van der Waals surface area (Å²) in [5.74, 6) is -4.02. The summed E-state index contributed by atoms with van der Waals surface area (Å²) in [7, 11) is 3.36. The highest BCUT2D eigenvalue weighted by molar-refractivity contribution is 8.03. The number of hydrogen-bond acceptors (Lipinski definition) is 9. The number of hydrogen-bond donors (Lipinski definition) is 2. The zero-order valence-electron chi connectivity index (χ0n) is 20.8. The van der Waals surface area contributed by atoms with E-state index in [1.54, 1.807) is 21.0 Å². The van der Waals surface area contributed by atoms with Gasteiger partial charge in [-0.1, -0.05) is 13.8 Å². The Balaban J connectivity index is 1.43. The maximum atomic E-state index is 13.1. The fourth-order valence-electron chi connectivity index (χ4n) is 5.44. The molecule has 0 unspecified atom stereocenters. The van der Waals surface area contributed by atoms with Crippen LogP contribution in [0.4, 0.5) is 8.78 Å². The summed E-state index contributed by atoms with van der Waals surface area (Å²) < 4.78 is 26.7. The molecule has 12 nitrogen and oxygen atoms in total. The number of thioether (sulfide) groups is 1. The molecule has 0 aliphatic carbocycles. The molecule has 2 fully saturated rings. The highest BCUT2D eigenvalue weighted by Crippen LogP contribution is 2.53. The number of tetrazole rings is 1. The van der Waals surface area contributed by atoms with Gasteiger partial charge in [-0.05, 0) is 22.8 Å². The highest BCUT2D eigenvalue weighted by atomic mass is 32.2. The summed E-state index contributed by atoms with van der Waals surface area (Å²) in [6, 6.07) is -0.761. The molecule has 3 aliphatic heterocycles. The van der Waals surface area contributed by atoms with Gasteiger partial charge < -0.3 is 20.2 Å². The Hall–Kier alpha value is -2.94. The molecule has 4 heterocycles. The van der Waals surface area contributed by atoms with Gasteiger partial charge in [0, 0.05) is 43.1 Å². The number of β-lactam (4-membered cyclic amide) rings is 1. The molecule has 15 heteroatoms. The van der Waals surface area contributed by atoms with Gasteiger partial charge in [0.05, 0.1) is 18.0 Å². The largest absolute Gasteiger partial charge is 0.477 e. The molecule has 1 aromatic heterocycles. The van der Waals surface area contributed by atoms with Gasteiger partial charge in [0.1, 0.15) is 12.2 Å². The van der Waals surface area contributed by atoms with E-state index in [9.17, 15) is 33.1 Å². The molecule has 202 valence electrons. The molecule has 2 N–H and O–H groups in total. The predicted octanol–water partition coefficient (Wildman–Crippen LogP) is 0.531. The number of carbonyl (C=O) groups is 4. The SMILES string of the molecule is C[C@@H](CC(=O)Cn1nnnc1C(F)F)[C@H]1C(=O)N2C(C(=O)O)=C(S[C@@H]3CN[C@H](C(=O)N(C)C)C3)[C@H](C)[C@H]12. The Kier molecular flexibility index (Phi) is 7.65. The highest BCUT2D eigenvalue weighted by Gasteiger charge is 2.60. The third kappa shape index (κ3) is 4.98. The number of carboxylic acids is 1. The van der Waals surface area contributed by atoms with E-state index in [1.165, 1.54) is 21.6 Å². The molecule has 0 aromatic carbocycles. The first-order chi connectivity index (χ1) is 17.4. The van der Waals surface area contributed by atoms with Crippen LogP contribution in [0.5, 0.6) is 0 Å². The van der Waals surface area contributed by atoms with Crippen molar-refractivity contribution in [3.63, 3.8) is 0 Å². The zero-order chi connectivity index (χ0) is 27.2. The van der Waals surface area contributed by atoms with Gasteiger partial charge in [0.25, 0.3) is 6.43 Å². The lowest BCUT2D eigenvalue weighted by Gasteiger charge is -2.47. The number of alkyl halides is 2. The summed E-state index contributed by atoms with van der Waals surface area (Å²) in [6.45, 7) is 3.68. The van der Waals surface area contributed by atoms with Gasteiger partial charge in [0.2, 0.25) is 17.6 Å². The number of ketones is 1. The van der Waals surface area contributed by atoms with Crippen LogP contribution in [-0.4, -0.2) is 96.7 Å². The molecule has 0 spiro atoms. The molecular weight excluding hydrogens is 512 g/mol. The topological polar surface area (TPSA) is 151 Å². The number of Topliss-reactive ketones (excluding diaryl/α,β-unsaturated/α-hetero) is 1. The van der Waals surface area contributed by atoms with E-state index in [0.29, 0.717) is 17.9 Å². The maximum Gasteiger partial charge on any atom is 0.353 e. The summed E-state index contributed by atoms with van der Waals surface area (Å²) in [5, 5.41) is 22.9. The number of likely N-dealkylation sites (N-methyl/N-ethyl adjacent to an activating group) is 1. The molecule has 3 aliphatic rings. The maximum absolute atomic E-state index is 13.1. The van der Waals surface area contributed by atoms with Crippen LogP contribution in [0.2, 0.25) is 0 Å². The number of rotatable bonds is 10. The molecule has 6 atom stereocenters. The van der Waals surface area contributed by atoms with Crippen LogP contribution in [0.25, 0.3) is 0 Å². The number of aromatic nitrogens is 4. The molecular formula is C22H29F2N7O5S. The van der Waals surface area contributed by atoms with Gasteiger partial charge in [-0.3, -0.25) is 14.4 Å². The zero-order valence-corrected chi connectivity index (χ0v) is 21.6. The van der Waals surface area contributed by atoms with Crippen LogP contribution in [0, 0.1) is 17.8 Å². The van der Waals surface area contributed by atoms with Crippen molar-refractivity contribution in [3.8, 4) is 0 Å². The second-order valence-corrected chi connectivity index (χ2v) is 11.3. The standard InChI is InChI=1S/C22H29F2N7O5S/c1-9(5-11(32)8-30-19(18(23)24)26-27-28-30)14-15-10(2)17(16(22(35)36)31(15)21(14)34)37-12-6-13(25-7-12)20(33)29(3)4/h9-10,12-15,18,25H,5-8H2,1-4H3,(H,35,36)/t9-,10+,12-,13-,14+,15+/m0/s1. The number of aliphatic carboxylic acids is 1. The summed E-state index contributed by atoms with van der Waals surface area (Å²) in [4.78, 5) is 53.6. The van der Waals surface area contributed by atoms with Gasteiger partial charge >= 0.3 is 5.97 Å². The van der Waals surface area contributed by atoms with Crippen molar-refractivity contribution in [2.24, 2.45) is 17.8 Å². The lowest BCUT2D eigenvalue weighted by Crippen LogP contribution is -2.62. The van der Waals surface area contributed by atoms with Crippen LogP contribution >= 0.6 is 11.8 Å². The Morgan fingerprint density at radius 3 is 2.62 bits per heavy atom. The van der Waals surface area contributed by atoms with Gasteiger partial charge in [-0.25, -0.2) is 18.3 Å². The molecule has 37 heavy (non-hydrogen) atoms. The van der Waals surface area contributed by atoms with E-state index in [0.717, 1.165) is 4.68 Å². The van der Waals surface area contributed by atoms with Crippen LogP contribution in [0.3, 0.4) is 0 Å². The second kappa shape index (κ2) is 10.4. The third-order valence-electron chi connectivity index (χ3n) is 7.16. The van der Waals surface area contributed by atoms with Crippen LogP contribution in [0.15, 0.2) is 10.6 Å². The van der Waals surface area contributed by atoms with Crippen molar-refractivity contribution in [3.05, 3.63) is 16.4 Å². The van der Waals surface area contributed by atoms with Gasteiger partial charge in [-0.15, -0.1) is 16.9 Å². The first-order valence-corrected chi connectivity index (χ1v) is 12.8. The number of amides is 2. The normalized spacial score (nSPS) is 27.9. The van der Waals surface area contributed by atoms with E-state index in [-0.39, 0.29) is 41.1 Å². The van der Waals surface area contributed by atoms with E-state index in [2.05, 4.69) is 20.8 Å². The Morgan fingerprint density at radius 1 is 1.30 bits per heavy atom. The van der Waals surface area contributed by atoms with Crippen molar-refractivity contribution >= 4 is 35.3 Å². The quantitative estimate of drug-likeness (QED) is 0.402. The van der Waals surface area contributed by atoms with Gasteiger partial charge in [-0.2, -0.15) is 0 Å². The minimum Gasteiger partial charge on any atom is -0.477 e. The molecule has 0 bridgehead atoms. The fraction of sp³-hybridized carbons (Fsp3) is 0.682. The Labute approximate surface area is 215 Å². The number of carboxylic acid groups (broad SMARTS) is 1. The van der Waals surface area contributed by atoms with Crippen molar-refractivity contribution in [1.82, 2.24) is 35.3 Å². The average molecular weight is 542 g/mol. The van der Waals surface area contributed by atoms with Gasteiger partial charge in [0.15, 0.2) is 5.78 Å². The molecule has 0 saturated carbocycles.